The normalized spacial score (nSPS) is 13.5. The van der Waals surface area contributed by atoms with Crippen LogP contribution in [0.2, 0.25) is 0 Å². The first-order valence-electron chi connectivity index (χ1n) is 6.68. The highest BCUT2D eigenvalue weighted by Gasteiger charge is 2.22. The Morgan fingerprint density at radius 3 is 2.95 bits per heavy atom. The number of aliphatic hydroxyl groups is 2. The van der Waals surface area contributed by atoms with Crippen molar-refractivity contribution in [1.82, 2.24) is 15.2 Å². The summed E-state index contributed by atoms with van der Waals surface area (Å²) in [5, 5.41) is 22.1. The molecule has 6 nitrogen and oxygen atoms in total. The van der Waals surface area contributed by atoms with Gasteiger partial charge >= 0.3 is 0 Å². The fourth-order valence-electron chi connectivity index (χ4n) is 1.84. The van der Waals surface area contributed by atoms with Crippen molar-refractivity contribution in [2.75, 3.05) is 26.7 Å². The molecule has 0 spiro atoms. The van der Waals surface area contributed by atoms with Gasteiger partial charge in [-0.3, -0.25) is 14.7 Å². The van der Waals surface area contributed by atoms with Gasteiger partial charge in [0.1, 0.15) is 6.10 Å². The molecule has 114 valence electrons. The topological polar surface area (TPSA) is 85.7 Å². The number of amides is 1. The number of hydrogen-bond acceptors (Lipinski definition) is 5. The van der Waals surface area contributed by atoms with Gasteiger partial charge in [0.25, 0.3) is 0 Å². The second-order valence-corrected chi connectivity index (χ2v) is 4.78. The second-order valence-electron chi connectivity index (χ2n) is 4.78. The quantitative estimate of drug-likeness (QED) is 0.565. The molecule has 0 aliphatic carbocycles. The monoisotopic (exact) mass is 291 g/mol. The molecule has 1 heterocycles. The molecule has 6 heteroatoms. The van der Waals surface area contributed by atoms with Crippen LogP contribution in [0.5, 0.6) is 0 Å². The number of aliphatic hydroxyl groups excluding tert-OH is 2. The van der Waals surface area contributed by atoms with E-state index in [-0.39, 0.29) is 19.1 Å². The second kappa shape index (κ2) is 9.08. The van der Waals surface area contributed by atoms with E-state index in [0.29, 0.717) is 18.5 Å². The summed E-state index contributed by atoms with van der Waals surface area (Å²) in [5.74, 6) is 2.22. The van der Waals surface area contributed by atoms with Crippen LogP contribution in [0.25, 0.3) is 0 Å². The molecular weight excluding hydrogens is 270 g/mol. The van der Waals surface area contributed by atoms with Crippen LogP contribution in [-0.2, 0) is 4.79 Å². The van der Waals surface area contributed by atoms with Crippen molar-refractivity contribution < 1.29 is 15.0 Å². The van der Waals surface area contributed by atoms with Gasteiger partial charge in [-0.2, -0.15) is 0 Å². The lowest BCUT2D eigenvalue weighted by Crippen LogP contribution is -2.45. The molecule has 0 aromatic carbocycles. The van der Waals surface area contributed by atoms with Gasteiger partial charge in [0.05, 0.1) is 19.2 Å². The summed E-state index contributed by atoms with van der Waals surface area (Å²) >= 11 is 0. The zero-order chi connectivity index (χ0) is 15.7. The summed E-state index contributed by atoms with van der Waals surface area (Å²) < 4.78 is 0. The number of carbonyl (C=O) groups excluding carboxylic acids is 1. The van der Waals surface area contributed by atoms with Crippen LogP contribution in [0.1, 0.15) is 18.1 Å². The van der Waals surface area contributed by atoms with E-state index in [1.54, 1.807) is 30.3 Å². The smallest absolute Gasteiger partial charge is 0.234 e. The Hall–Kier alpha value is -1.94. The average molecular weight is 291 g/mol. The van der Waals surface area contributed by atoms with E-state index in [2.05, 4.69) is 16.2 Å². The lowest BCUT2D eigenvalue weighted by atomic mass is 10.0. The van der Waals surface area contributed by atoms with Crippen molar-refractivity contribution >= 4 is 5.91 Å². The van der Waals surface area contributed by atoms with Crippen LogP contribution < -0.4 is 5.32 Å². The van der Waals surface area contributed by atoms with Crippen molar-refractivity contribution in [3.05, 3.63) is 30.1 Å². The Balaban J connectivity index is 2.54. The summed E-state index contributed by atoms with van der Waals surface area (Å²) in [5.41, 5.74) is 0.539. The summed E-state index contributed by atoms with van der Waals surface area (Å²) in [6.45, 7) is 0.396. The van der Waals surface area contributed by atoms with Crippen LogP contribution in [0.3, 0.4) is 0 Å². The molecule has 1 rings (SSSR count). The Morgan fingerprint density at radius 2 is 2.38 bits per heavy atom. The van der Waals surface area contributed by atoms with Crippen molar-refractivity contribution in [2.24, 2.45) is 0 Å². The molecule has 0 fully saturated rings. The van der Waals surface area contributed by atoms with E-state index in [1.165, 1.54) is 6.20 Å². The molecule has 21 heavy (non-hydrogen) atoms. The molecule has 3 N–H and O–H groups in total. The Morgan fingerprint density at radius 1 is 1.62 bits per heavy atom. The fourth-order valence-corrected chi connectivity index (χ4v) is 1.84. The highest BCUT2D eigenvalue weighted by Crippen LogP contribution is 2.15. The Labute approximate surface area is 124 Å². The number of carbonyl (C=O) groups is 1. The standard InChI is InChI=1S/C15H21N3O3/c1-3-4-8-18(2)10-14(20)17-13(11-19)15(21)12-6-5-7-16-9-12/h1,5-7,9,13,15,19,21H,4,8,10-11H2,2H3,(H,17,20). The molecule has 1 aromatic rings. The third-order valence-electron chi connectivity index (χ3n) is 3.00. The highest BCUT2D eigenvalue weighted by atomic mass is 16.3. The molecule has 1 aromatic heterocycles. The minimum Gasteiger partial charge on any atom is -0.394 e. The number of aromatic nitrogens is 1. The SMILES string of the molecule is C#CCCN(C)CC(=O)NC(CO)C(O)c1cccnc1. The lowest BCUT2D eigenvalue weighted by molar-refractivity contribution is -0.124. The van der Waals surface area contributed by atoms with E-state index >= 15 is 0 Å². The number of terminal acetylenes is 1. The first kappa shape index (κ1) is 17.1. The number of hydrogen-bond donors (Lipinski definition) is 3. The van der Waals surface area contributed by atoms with Gasteiger partial charge < -0.3 is 15.5 Å². The summed E-state index contributed by atoms with van der Waals surface area (Å²) in [7, 11) is 1.78. The molecule has 0 saturated carbocycles. The first-order chi connectivity index (χ1) is 10.1. The molecule has 0 saturated heterocycles. The molecule has 0 aliphatic heterocycles. The van der Waals surface area contributed by atoms with Crippen molar-refractivity contribution in [3.63, 3.8) is 0 Å². The predicted molar refractivity (Wildman–Crippen MR) is 79.2 cm³/mol. The minimum absolute atomic E-state index is 0.151. The summed E-state index contributed by atoms with van der Waals surface area (Å²) in [6, 6.07) is 2.59. The van der Waals surface area contributed by atoms with Gasteiger partial charge in [-0.15, -0.1) is 12.3 Å². The molecule has 2 atom stereocenters. The number of nitrogens with zero attached hydrogens (tertiary/aromatic N) is 2. The van der Waals surface area contributed by atoms with Crippen molar-refractivity contribution in [1.29, 1.82) is 0 Å². The molecule has 0 bridgehead atoms. The van der Waals surface area contributed by atoms with Crippen LogP contribution in [0.15, 0.2) is 24.5 Å². The maximum Gasteiger partial charge on any atom is 0.234 e. The largest absolute Gasteiger partial charge is 0.394 e. The number of pyridine rings is 1. The van der Waals surface area contributed by atoms with Gasteiger partial charge in [0.2, 0.25) is 5.91 Å². The third-order valence-corrected chi connectivity index (χ3v) is 3.00. The lowest BCUT2D eigenvalue weighted by Gasteiger charge is -2.23. The Kier molecular flexibility index (Phi) is 7.40. The van der Waals surface area contributed by atoms with E-state index in [9.17, 15) is 15.0 Å². The molecule has 0 radical (unpaired) electrons. The first-order valence-corrected chi connectivity index (χ1v) is 6.68. The van der Waals surface area contributed by atoms with Gasteiger partial charge in [0, 0.05) is 30.9 Å². The van der Waals surface area contributed by atoms with E-state index < -0.39 is 12.1 Å². The molecule has 1 amide bonds. The maximum atomic E-state index is 11.9. The minimum atomic E-state index is -1.01. The van der Waals surface area contributed by atoms with Gasteiger partial charge in [-0.05, 0) is 13.1 Å². The Bertz CT molecular complexity index is 473. The van der Waals surface area contributed by atoms with Crippen LogP contribution in [0.4, 0.5) is 0 Å². The van der Waals surface area contributed by atoms with Crippen LogP contribution >= 0.6 is 0 Å². The van der Waals surface area contributed by atoms with Crippen molar-refractivity contribution in [2.45, 2.75) is 18.6 Å². The number of nitrogens with one attached hydrogen (secondary N) is 1. The number of likely N-dealkylation sites (N-methyl/N-ethyl adjacent to an activating group) is 1. The van der Waals surface area contributed by atoms with Crippen LogP contribution in [-0.4, -0.2) is 58.8 Å². The van der Waals surface area contributed by atoms with E-state index in [0.717, 1.165) is 0 Å². The highest BCUT2D eigenvalue weighted by molar-refractivity contribution is 5.78. The van der Waals surface area contributed by atoms with Gasteiger partial charge in [-0.25, -0.2) is 0 Å². The van der Waals surface area contributed by atoms with E-state index in [4.69, 9.17) is 6.42 Å². The predicted octanol–water partition coefficient (Wildman–Crippen LogP) is -0.453. The zero-order valence-corrected chi connectivity index (χ0v) is 12.1. The molecular formula is C15H21N3O3. The van der Waals surface area contributed by atoms with Gasteiger partial charge in [-0.1, -0.05) is 6.07 Å². The average Bonchev–Trinajstić information content (AvgIpc) is 2.50. The third kappa shape index (κ3) is 5.92. The molecule has 0 aliphatic rings. The van der Waals surface area contributed by atoms with Crippen LogP contribution in [0, 0.1) is 12.3 Å². The van der Waals surface area contributed by atoms with E-state index in [1.807, 2.05) is 0 Å². The number of rotatable bonds is 8. The maximum absolute atomic E-state index is 11.9. The fraction of sp³-hybridized carbons (Fsp3) is 0.467. The molecule has 2 unspecified atom stereocenters. The summed E-state index contributed by atoms with van der Waals surface area (Å²) in [6.07, 6.45) is 7.80. The summed E-state index contributed by atoms with van der Waals surface area (Å²) in [4.78, 5) is 17.6. The van der Waals surface area contributed by atoms with Crippen molar-refractivity contribution in [3.8, 4) is 12.3 Å². The van der Waals surface area contributed by atoms with Gasteiger partial charge in [0.15, 0.2) is 0 Å². The zero-order valence-electron chi connectivity index (χ0n) is 12.1.